The summed E-state index contributed by atoms with van der Waals surface area (Å²) in [7, 11) is 0. The average Bonchev–Trinajstić information content (AvgIpc) is 2.50. The Morgan fingerprint density at radius 2 is 2.06 bits per heavy atom. The zero-order chi connectivity index (χ0) is 12.3. The van der Waals surface area contributed by atoms with E-state index in [2.05, 4.69) is 30.9 Å². The van der Waals surface area contributed by atoms with Gasteiger partial charge in [-0.25, -0.2) is 0 Å². The third-order valence-corrected chi connectivity index (χ3v) is 4.71. The van der Waals surface area contributed by atoms with Gasteiger partial charge in [-0.15, -0.1) is 0 Å². The quantitative estimate of drug-likeness (QED) is 0.874. The van der Waals surface area contributed by atoms with Crippen LogP contribution in [0.4, 0.5) is 5.69 Å². The minimum atomic E-state index is 0.128. The van der Waals surface area contributed by atoms with Gasteiger partial charge in [0, 0.05) is 34.8 Å². The van der Waals surface area contributed by atoms with E-state index in [4.69, 9.17) is 0 Å². The Kier molecular flexibility index (Phi) is 4.00. The van der Waals surface area contributed by atoms with Crippen LogP contribution in [0.3, 0.4) is 0 Å². The maximum Gasteiger partial charge on any atom is 0.0702 e. The second-order valence-corrected chi connectivity index (χ2v) is 6.93. The molecule has 94 valence electrons. The monoisotopic (exact) mass is 251 g/mol. The molecule has 1 fully saturated rings. The van der Waals surface area contributed by atoms with Crippen molar-refractivity contribution in [1.29, 1.82) is 0 Å². The molecule has 1 saturated heterocycles. The van der Waals surface area contributed by atoms with Crippen LogP contribution in [0.5, 0.6) is 0 Å². The molecule has 0 aliphatic carbocycles. The molecular formula is C14H21NOS. The fourth-order valence-corrected chi connectivity index (χ4v) is 3.31. The van der Waals surface area contributed by atoms with Crippen LogP contribution in [0, 0.1) is 0 Å². The Bertz CT molecular complexity index is 378. The third kappa shape index (κ3) is 3.17. The lowest BCUT2D eigenvalue weighted by Gasteiger charge is -2.26. The molecule has 1 heterocycles. The lowest BCUT2D eigenvalue weighted by molar-refractivity contribution is 0.282. The maximum atomic E-state index is 9.39. The van der Waals surface area contributed by atoms with Crippen LogP contribution in [0.25, 0.3) is 0 Å². The Balaban J connectivity index is 2.17. The predicted octanol–water partition coefficient (Wildman–Crippen LogP) is 2.90. The van der Waals surface area contributed by atoms with Crippen molar-refractivity contribution in [3.8, 4) is 0 Å². The van der Waals surface area contributed by atoms with Crippen LogP contribution >= 0.6 is 11.8 Å². The van der Waals surface area contributed by atoms with Gasteiger partial charge in [0.2, 0.25) is 0 Å². The largest absolute Gasteiger partial charge is 0.392 e. The fourth-order valence-electron chi connectivity index (χ4n) is 2.21. The Labute approximate surface area is 108 Å². The first-order valence-corrected chi connectivity index (χ1v) is 7.19. The average molecular weight is 251 g/mol. The van der Waals surface area contributed by atoms with Crippen LogP contribution in [0.1, 0.15) is 25.8 Å². The van der Waals surface area contributed by atoms with E-state index in [1.54, 1.807) is 0 Å². The first kappa shape index (κ1) is 12.8. The summed E-state index contributed by atoms with van der Waals surface area (Å²) in [5.74, 6) is 1.16. The second kappa shape index (κ2) is 5.32. The summed E-state index contributed by atoms with van der Waals surface area (Å²) < 4.78 is 0.378. The van der Waals surface area contributed by atoms with Crippen LogP contribution in [-0.4, -0.2) is 28.7 Å². The van der Waals surface area contributed by atoms with Gasteiger partial charge < -0.3 is 10.0 Å². The van der Waals surface area contributed by atoms with Crippen LogP contribution in [0.2, 0.25) is 0 Å². The number of nitrogens with zero attached hydrogens (tertiary/aromatic N) is 1. The molecule has 0 unspecified atom stereocenters. The predicted molar refractivity (Wildman–Crippen MR) is 75.7 cm³/mol. The molecular weight excluding hydrogens is 230 g/mol. The molecule has 1 aromatic carbocycles. The van der Waals surface area contributed by atoms with E-state index in [-0.39, 0.29) is 6.61 Å². The first-order valence-electron chi connectivity index (χ1n) is 6.20. The van der Waals surface area contributed by atoms with Gasteiger partial charge in [0.05, 0.1) is 6.61 Å². The summed E-state index contributed by atoms with van der Waals surface area (Å²) in [5, 5.41) is 9.39. The summed E-state index contributed by atoms with van der Waals surface area (Å²) >= 11 is 2.05. The summed E-state index contributed by atoms with van der Waals surface area (Å²) in [6.45, 7) is 6.92. The Hall–Kier alpha value is -0.670. The summed E-state index contributed by atoms with van der Waals surface area (Å²) in [6, 6.07) is 8.18. The van der Waals surface area contributed by atoms with E-state index in [0.717, 1.165) is 24.4 Å². The molecule has 1 aliphatic rings. The number of hydrogen-bond donors (Lipinski definition) is 1. The molecule has 17 heavy (non-hydrogen) atoms. The van der Waals surface area contributed by atoms with Crippen molar-refractivity contribution < 1.29 is 5.11 Å². The van der Waals surface area contributed by atoms with Crippen molar-refractivity contribution in [2.75, 3.05) is 23.7 Å². The van der Waals surface area contributed by atoms with Crippen LogP contribution < -0.4 is 4.90 Å². The van der Waals surface area contributed by atoms with Gasteiger partial charge in [-0.1, -0.05) is 32.0 Å². The van der Waals surface area contributed by atoms with Crippen LogP contribution in [-0.2, 0) is 6.61 Å². The SMILES string of the molecule is CC1(C)CCN(c2ccccc2CO)CCS1. The van der Waals surface area contributed by atoms with Gasteiger partial charge in [-0.2, -0.15) is 11.8 Å². The van der Waals surface area contributed by atoms with E-state index in [9.17, 15) is 5.11 Å². The molecule has 0 atom stereocenters. The normalized spacial score (nSPS) is 20.1. The molecule has 2 nitrogen and oxygen atoms in total. The van der Waals surface area contributed by atoms with Crippen molar-refractivity contribution in [2.24, 2.45) is 0 Å². The molecule has 1 N–H and O–H groups in total. The second-order valence-electron chi connectivity index (χ2n) is 5.13. The number of thioether (sulfide) groups is 1. The topological polar surface area (TPSA) is 23.5 Å². The highest BCUT2D eigenvalue weighted by Crippen LogP contribution is 2.33. The molecule has 1 aromatic rings. The van der Waals surface area contributed by atoms with Crippen molar-refractivity contribution in [2.45, 2.75) is 31.6 Å². The molecule has 0 spiro atoms. The third-order valence-electron chi connectivity index (χ3n) is 3.34. The molecule has 0 radical (unpaired) electrons. The van der Waals surface area contributed by atoms with Gasteiger partial charge in [0.25, 0.3) is 0 Å². The minimum absolute atomic E-state index is 0.128. The van der Waals surface area contributed by atoms with Gasteiger partial charge in [-0.3, -0.25) is 0 Å². The number of aliphatic hydroxyl groups excluding tert-OH is 1. The van der Waals surface area contributed by atoms with E-state index >= 15 is 0 Å². The molecule has 0 aromatic heterocycles. The highest BCUT2D eigenvalue weighted by atomic mass is 32.2. The fraction of sp³-hybridized carbons (Fsp3) is 0.571. The zero-order valence-corrected chi connectivity index (χ0v) is 11.5. The molecule has 0 bridgehead atoms. The molecule has 0 amide bonds. The standard InChI is InChI=1S/C14H21NOS/c1-14(2)7-8-15(9-10-17-14)13-6-4-3-5-12(13)11-16/h3-6,16H,7-11H2,1-2H3. The van der Waals surface area contributed by atoms with Gasteiger partial charge in [0.15, 0.2) is 0 Å². The Morgan fingerprint density at radius 1 is 1.29 bits per heavy atom. The van der Waals surface area contributed by atoms with Crippen LogP contribution in [0.15, 0.2) is 24.3 Å². The zero-order valence-electron chi connectivity index (χ0n) is 10.6. The maximum absolute atomic E-state index is 9.39. The van der Waals surface area contributed by atoms with Gasteiger partial charge >= 0.3 is 0 Å². The van der Waals surface area contributed by atoms with Crippen molar-refractivity contribution in [1.82, 2.24) is 0 Å². The molecule has 1 aliphatic heterocycles. The number of aliphatic hydroxyl groups is 1. The first-order chi connectivity index (χ1) is 8.12. The number of rotatable bonds is 2. The van der Waals surface area contributed by atoms with E-state index in [0.29, 0.717) is 4.75 Å². The smallest absolute Gasteiger partial charge is 0.0702 e. The molecule has 2 rings (SSSR count). The lowest BCUT2D eigenvalue weighted by atomic mass is 10.1. The number of para-hydroxylation sites is 1. The van der Waals surface area contributed by atoms with Gasteiger partial charge in [-0.05, 0) is 12.5 Å². The number of anilines is 1. The highest BCUT2D eigenvalue weighted by molar-refractivity contribution is 8.00. The number of benzene rings is 1. The lowest BCUT2D eigenvalue weighted by Crippen LogP contribution is -2.27. The highest BCUT2D eigenvalue weighted by Gasteiger charge is 2.24. The summed E-state index contributed by atoms with van der Waals surface area (Å²) in [5.41, 5.74) is 2.24. The summed E-state index contributed by atoms with van der Waals surface area (Å²) in [6.07, 6.45) is 1.19. The van der Waals surface area contributed by atoms with Gasteiger partial charge in [0.1, 0.15) is 0 Å². The van der Waals surface area contributed by atoms with E-state index in [1.165, 1.54) is 12.1 Å². The Morgan fingerprint density at radius 3 is 2.82 bits per heavy atom. The van der Waals surface area contributed by atoms with Crippen molar-refractivity contribution >= 4 is 17.4 Å². The van der Waals surface area contributed by atoms with E-state index in [1.807, 2.05) is 23.9 Å². The summed E-state index contributed by atoms with van der Waals surface area (Å²) in [4.78, 5) is 2.41. The minimum Gasteiger partial charge on any atom is -0.392 e. The van der Waals surface area contributed by atoms with Crippen molar-refractivity contribution in [3.05, 3.63) is 29.8 Å². The molecule has 3 heteroatoms. The number of hydrogen-bond acceptors (Lipinski definition) is 3. The molecule has 0 saturated carbocycles. The van der Waals surface area contributed by atoms with E-state index < -0.39 is 0 Å². The van der Waals surface area contributed by atoms with Crippen molar-refractivity contribution in [3.63, 3.8) is 0 Å².